The Morgan fingerprint density at radius 1 is 1.55 bits per heavy atom. The van der Waals surface area contributed by atoms with E-state index in [-0.39, 0.29) is 29.2 Å². The van der Waals surface area contributed by atoms with E-state index in [4.69, 9.17) is 26.1 Å². The molecule has 0 radical (unpaired) electrons. The number of methoxy groups -OCH3 is 2. The Hall–Kier alpha value is -1.60. The van der Waals surface area contributed by atoms with Crippen molar-refractivity contribution < 1.29 is 24.0 Å². The normalized spacial score (nSPS) is 13.3. The van der Waals surface area contributed by atoms with Gasteiger partial charge in [0.05, 0.1) is 19.2 Å². The maximum Gasteiger partial charge on any atom is 0.306 e. The molecule has 7 nitrogen and oxygen atoms in total. The van der Waals surface area contributed by atoms with E-state index >= 15 is 0 Å². The number of carbonyl (C=O) groups is 1. The lowest BCUT2D eigenvalue weighted by atomic mass is 9.94. The van der Waals surface area contributed by atoms with E-state index in [1.807, 2.05) is 0 Å². The maximum absolute atomic E-state index is 11.5. The molecule has 1 rings (SSSR count). The van der Waals surface area contributed by atoms with Crippen LogP contribution in [0, 0.1) is 6.92 Å². The summed E-state index contributed by atoms with van der Waals surface area (Å²) >= 11 is 5.70. The van der Waals surface area contributed by atoms with Gasteiger partial charge in [0.25, 0.3) is 0 Å². The van der Waals surface area contributed by atoms with E-state index in [2.05, 4.69) is 15.0 Å². The van der Waals surface area contributed by atoms with Crippen molar-refractivity contribution in [2.75, 3.05) is 20.8 Å². The van der Waals surface area contributed by atoms with Crippen molar-refractivity contribution in [1.82, 2.24) is 5.16 Å². The molecule has 0 amide bonds. The number of ether oxygens (including phenoxy) is 2. The SMILES string of the molecule is COCCC(CC(=O)OC)c1noc(/C(Cl)=N/O)c1C. The fourth-order valence-corrected chi connectivity index (χ4v) is 2.02. The predicted molar refractivity (Wildman–Crippen MR) is 71.3 cm³/mol. The zero-order valence-electron chi connectivity index (χ0n) is 11.6. The average Bonchev–Trinajstić information content (AvgIpc) is 2.84. The highest BCUT2D eigenvalue weighted by Crippen LogP contribution is 2.28. The number of nitrogens with zero attached hydrogens (tertiary/aromatic N) is 2. The summed E-state index contributed by atoms with van der Waals surface area (Å²) in [7, 11) is 2.90. The second-order valence-corrected chi connectivity index (χ2v) is 4.53. The summed E-state index contributed by atoms with van der Waals surface area (Å²) in [6.07, 6.45) is 0.729. The maximum atomic E-state index is 11.5. The topological polar surface area (TPSA) is 94.2 Å². The second kappa shape index (κ2) is 7.86. The summed E-state index contributed by atoms with van der Waals surface area (Å²) in [4.78, 5) is 11.5. The van der Waals surface area contributed by atoms with E-state index in [9.17, 15) is 4.79 Å². The number of oxime groups is 1. The largest absolute Gasteiger partial charge is 0.469 e. The van der Waals surface area contributed by atoms with Crippen LogP contribution in [0.1, 0.15) is 35.8 Å². The van der Waals surface area contributed by atoms with Crippen LogP contribution in [0.25, 0.3) is 0 Å². The Balaban J connectivity index is 3.01. The molecule has 0 aliphatic carbocycles. The molecule has 0 aliphatic heterocycles. The highest BCUT2D eigenvalue weighted by atomic mass is 35.5. The highest BCUT2D eigenvalue weighted by Gasteiger charge is 2.25. The number of hydrogen-bond acceptors (Lipinski definition) is 7. The molecule has 20 heavy (non-hydrogen) atoms. The van der Waals surface area contributed by atoms with Crippen LogP contribution in [0.5, 0.6) is 0 Å². The Morgan fingerprint density at radius 2 is 2.25 bits per heavy atom. The fourth-order valence-electron chi connectivity index (χ4n) is 1.85. The Morgan fingerprint density at radius 3 is 2.80 bits per heavy atom. The molecule has 0 aliphatic rings. The van der Waals surface area contributed by atoms with Crippen LogP contribution in [-0.2, 0) is 14.3 Å². The van der Waals surface area contributed by atoms with Crippen LogP contribution >= 0.6 is 11.6 Å². The lowest BCUT2D eigenvalue weighted by molar-refractivity contribution is -0.141. The molecule has 0 saturated heterocycles. The van der Waals surface area contributed by atoms with E-state index in [0.29, 0.717) is 24.3 Å². The summed E-state index contributed by atoms with van der Waals surface area (Å²) in [5, 5.41) is 15.2. The minimum absolute atomic E-state index is 0.153. The summed E-state index contributed by atoms with van der Waals surface area (Å²) in [6.45, 7) is 2.19. The minimum atomic E-state index is -0.350. The van der Waals surface area contributed by atoms with Gasteiger partial charge < -0.3 is 19.2 Å². The number of rotatable bonds is 7. The first kappa shape index (κ1) is 16.5. The molecule has 0 aromatic carbocycles. The summed E-state index contributed by atoms with van der Waals surface area (Å²) in [5.41, 5.74) is 1.20. The average molecular weight is 305 g/mol. The first-order chi connectivity index (χ1) is 9.54. The van der Waals surface area contributed by atoms with Gasteiger partial charge in [0, 0.05) is 25.2 Å². The van der Waals surface area contributed by atoms with Gasteiger partial charge in [-0.25, -0.2) is 0 Å². The standard InChI is InChI=1S/C12H17ClN2O5/c1-7-10(15-20-11(7)12(13)14-17)8(4-5-18-2)6-9(16)19-3/h8,17H,4-6H2,1-3H3/b14-12-. The summed E-state index contributed by atoms with van der Waals surface area (Å²) in [5.74, 6) is -0.392. The van der Waals surface area contributed by atoms with Gasteiger partial charge in [-0.15, -0.1) is 0 Å². The summed E-state index contributed by atoms with van der Waals surface area (Å²) < 4.78 is 14.8. The first-order valence-corrected chi connectivity index (χ1v) is 6.32. The van der Waals surface area contributed by atoms with Crippen molar-refractivity contribution in [2.24, 2.45) is 5.16 Å². The zero-order chi connectivity index (χ0) is 15.1. The molecular formula is C12H17ClN2O5. The lowest BCUT2D eigenvalue weighted by Crippen LogP contribution is -2.12. The van der Waals surface area contributed by atoms with E-state index < -0.39 is 0 Å². The van der Waals surface area contributed by atoms with Crippen molar-refractivity contribution >= 4 is 22.7 Å². The molecule has 1 atom stereocenters. The lowest BCUT2D eigenvalue weighted by Gasteiger charge is -2.13. The van der Waals surface area contributed by atoms with Crippen LogP contribution in [0.4, 0.5) is 0 Å². The zero-order valence-corrected chi connectivity index (χ0v) is 12.3. The van der Waals surface area contributed by atoms with E-state index in [1.165, 1.54) is 7.11 Å². The molecule has 1 heterocycles. The van der Waals surface area contributed by atoms with Crippen molar-refractivity contribution in [3.8, 4) is 0 Å². The van der Waals surface area contributed by atoms with Gasteiger partial charge in [-0.3, -0.25) is 4.79 Å². The Kier molecular flexibility index (Phi) is 6.47. The van der Waals surface area contributed by atoms with Gasteiger partial charge in [0.1, 0.15) is 0 Å². The minimum Gasteiger partial charge on any atom is -0.469 e. The molecule has 1 unspecified atom stereocenters. The molecule has 0 spiro atoms. The molecule has 0 fully saturated rings. The number of aromatic nitrogens is 1. The molecule has 0 saturated carbocycles. The second-order valence-electron chi connectivity index (χ2n) is 4.17. The van der Waals surface area contributed by atoms with Gasteiger partial charge >= 0.3 is 5.97 Å². The molecular weight excluding hydrogens is 288 g/mol. The quantitative estimate of drug-likeness (QED) is 0.358. The molecule has 8 heteroatoms. The van der Waals surface area contributed by atoms with Gasteiger partial charge in [-0.05, 0) is 13.3 Å². The Labute approximate surface area is 121 Å². The highest BCUT2D eigenvalue weighted by molar-refractivity contribution is 6.69. The predicted octanol–water partition coefficient (Wildman–Crippen LogP) is 2.04. The summed E-state index contributed by atoms with van der Waals surface area (Å²) in [6, 6.07) is 0. The van der Waals surface area contributed by atoms with Crippen molar-refractivity contribution in [3.63, 3.8) is 0 Å². The van der Waals surface area contributed by atoms with Gasteiger partial charge in [0.2, 0.25) is 10.9 Å². The van der Waals surface area contributed by atoms with Gasteiger partial charge in [-0.2, -0.15) is 0 Å². The number of carbonyl (C=O) groups excluding carboxylic acids is 1. The molecule has 112 valence electrons. The molecule has 1 aromatic heterocycles. The molecule has 1 aromatic rings. The van der Waals surface area contributed by atoms with Crippen LogP contribution in [-0.4, -0.2) is 42.3 Å². The van der Waals surface area contributed by atoms with Gasteiger partial charge in [-0.1, -0.05) is 21.9 Å². The first-order valence-electron chi connectivity index (χ1n) is 5.95. The molecule has 1 N–H and O–H groups in total. The fraction of sp³-hybridized carbons (Fsp3) is 0.583. The van der Waals surface area contributed by atoms with Crippen molar-refractivity contribution in [2.45, 2.75) is 25.7 Å². The third kappa shape index (κ3) is 3.94. The number of hydrogen-bond donors (Lipinski definition) is 1. The van der Waals surface area contributed by atoms with Crippen molar-refractivity contribution in [1.29, 1.82) is 0 Å². The van der Waals surface area contributed by atoms with E-state index in [1.54, 1.807) is 14.0 Å². The molecule has 0 bridgehead atoms. The van der Waals surface area contributed by atoms with Crippen molar-refractivity contribution in [3.05, 3.63) is 17.0 Å². The van der Waals surface area contributed by atoms with Gasteiger partial charge in [0.15, 0.2) is 0 Å². The van der Waals surface area contributed by atoms with Crippen LogP contribution in [0.15, 0.2) is 9.68 Å². The smallest absolute Gasteiger partial charge is 0.306 e. The third-order valence-corrected chi connectivity index (χ3v) is 3.18. The van der Waals surface area contributed by atoms with Crippen LogP contribution < -0.4 is 0 Å². The number of halogens is 1. The van der Waals surface area contributed by atoms with Crippen LogP contribution in [0.2, 0.25) is 0 Å². The van der Waals surface area contributed by atoms with E-state index in [0.717, 1.165) is 0 Å². The Bertz CT molecular complexity index is 486. The van der Waals surface area contributed by atoms with Crippen LogP contribution in [0.3, 0.4) is 0 Å². The third-order valence-electron chi connectivity index (χ3n) is 2.93. The monoisotopic (exact) mass is 304 g/mol. The number of esters is 1.